The highest BCUT2D eigenvalue weighted by atomic mass is 32.2. The molecule has 0 amide bonds. The summed E-state index contributed by atoms with van der Waals surface area (Å²) in [6.45, 7) is 0. The zero-order valence-corrected chi connectivity index (χ0v) is 11.2. The lowest BCUT2D eigenvalue weighted by Crippen LogP contribution is -1.96. The van der Waals surface area contributed by atoms with Gasteiger partial charge in [-0.15, -0.1) is 23.5 Å². The van der Waals surface area contributed by atoms with Crippen LogP contribution < -0.4 is 4.74 Å². The summed E-state index contributed by atoms with van der Waals surface area (Å²) in [5.41, 5.74) is 1.05. The van der Waals surface area contributed by atoms with Crippen molar-refractivity contribution in [3.63, 3.8) is 0 Å². The fourth-order valence-electron chi connectivity index (χ4n) is 1.58. The molecule has 86 valence electrons. The topological polar surface area (TPSA) is 21.6 Å². The minimum atomic E-state index is 0.879. The van der Waals surface area contributed by atoms with E-state index >= 15 is 0 Å². The van der Waals surface area contributed by atoms with Crippen LogP contribution in [0.25, 0.3) is 0 Å². The van der Waals surface area contributed by atoms with Gasteiger partial charge in [-0.3, -0.25) is 0 Å². The van der Waals surface area contributed by atoms with Crippen molar-refractivity contribution in [2.45, 2.75) is 17.7 Å². The molecule has 1 aliphatic heterocycles. The summed E-state index contributed by atoms with van der Waals surface area (Å²) in [5.74, 6) is 2.04. The van der Waals surface area contributed by atoms with Crippen molar-refractivity contribution in [1.82, 2.24) is 0 Å². The van der Waals surface area contributed by atoms with Crippen molar-refractivity contribution in [1.29, 1.82) is 0 Å². The van der Waals surface area contributed by atoms with Gasteiger partial charge >= 0.3 is 0 Å². The van der Waals surface area contributed by atoms with Gasteiger partial charge in [0.05, 0.1) is 17.8 Å². The number of rotatable bonds is 1. The minimum absolute atomic E-state index is 0.879. The van der Waals surface area contributed by atoms with E-state index in [0.29, 0.717) is 0 Å². The van der Waals surface area contributed by atoms with Crippen LogP contribution >= 0.6 is 23.5 Å². The lowest BCUT2D eigenvalue weighted by Gasteiger charge is -2.12. The van der Waals surface area contributed by atoms with Crippen LogP contribution in [-0.4, -0.2) is 24.2 Å². The molecule has 0 aromatic heterocycles. The largest absolute Gasteiger partial charge is 0.497 e. The van der Waals surface area contributed by atoms with Crippen LogP contribution in [-0.2, 0) is 0 Å². The van der Waals surface area contributed by atoms with Crippen LogP contribution in [0.2, 0.25) is 0 Å². The summed E-state index contributed by atoms with van der Waals surface area (Å²) >= 11 is 3.63. The van der Waals surface area contributed by atoms with Crippen molar-refractivity contribution in [3.05, 3.63) is 18.2 Å². The zero-order chi connectivity index (χ0) is 11.4. The van der Waals surface area contributed by atoms with E-state index in [0.717, 1.165) is 17.9 Å². The van der Waals surface area contributed by atoms with Gasteiger partial charge in [0, 0.05) is 11.0 Å². The van der Waals surface area contributed by atoms with Gasteiger partial charge in [0.2, 0.25) is 0 Å². The second-order valence-electron chi connectivity index (χ2n) is 3.50. The Kier molecular flexibility index (Phi) is 4.18. The molecule has 4 heteroatoms. The van der Waals surface area contributed by atoms with E-state index in [1.165, 1.54) is 22.1 Å². The molecule has 1 aromatic rings. The molecule has 0 fully saturated rings. The van der Waals surface area contributed by atoms with Crippen LogP contribution in [0.3, 0.4) is 0 Å². The maximum absolute atomic E-state index is 5.24. The number of nitrogens with zero attached hydrogens (tertiary/aromatic N) is 1. The number of hydrogen-bond acceptors (Lipinski definition) is 4. The van der Waals surface area contributed by atoms with Crippen molar-refractivity contribution in [2.24, 2.45) is 4.99 Å². The maximum atomic E-state index is 5.24. The minimum Gasteiger partial charge on any atom is -0.497 e. The normalized spacial score (nSPS) is 15.8. The first-order chi connectivity index (χ1) is 7.83. The molecule has 1 heterocycles. The van der Waals surface area contributed by atoms with Gasteiger partial charge < -0.3 is 4.74 Å². The summed E-state index contributed by atoms with van der Waals surface area (Å²) in [5, 5.41) is 1.22. The molecule has 1 aromatic carbocycles. The first-order valence-corrected chi connectivity index (χ1v) is 7.47. The molecule has 0 bridgehead atoms. The van der Waals surface area contributed by atoms with Crippen LogP contribution in [0.5, 0.6) is 5.75 Å². The highest BCUT2D eigenvalue weighted by Crippen LogP contribution is 2.36. The maximum Gasteiger partial charge on any atom is 0.121 e. The van der Waals surface area contributed by atoms with Gasteiger partial charge in [0.1, 0.15) is 5.75 Å². The average Bonchev–Trinajstić information content (AvgIpc) is 2.30. The van der Waals surface area contributed by atoms with Crippen LogP contribution in [0.15, 0.2) is 28.1 Å². The zero-order valence-electron chi connectivity index (χ0n) is 9.53. The van der Waals surface area contributed by atoms with E-state index in [1.54, 1.807) is 18.9 Å². The molecular formula is C12H15NOS2. The third-order valence-electron chi connectivity index (χ3n) is 2.44. The first-order valence-electron chi connectivity index (χ1n) is 5.26. The SMILES string of the molecule is COc1ccc2c(c1)N=C(SC)CCCS2. The summed E-state index contributed by atoms with van der Waals surface area (Å²) in [6.07, 6.45) is 4.38. The van der Waals surface area contributed by atoms with Gasteiger partial charge in [-0.2, -0.15) is 0 Å². The molecule has 2 rings (SSSR count). The quantitative estimate of drug-likeness (QED) is 0.755. The van der Waals surface area contributed by atoms with Gasteiger partial charge in [0.25, 0.3) is 0 Å². The van der Waals surface area contributed by atoms with Crippen LogP contribution in [0.4, 0.5) is 5.69 Å². The molecule has 2 nitrogen and oxygen atoms in total. The van der Waals surface area contributed by atoms with E-state index in [2.05, 4.69) is 12.3 Å². The second-order valence-corrected chi connectivity index (χ2v) is 5.51. The van der Waals surface area contributed by atoms with Crippen molar-refractivity contribution in [3.8, 4) is 5.75 Å². The second kappa shape index (κ2) is 5.64. The molecule has 0 N–H and O–H groups in total. The lowest BCUT2D eigenvalue weighted by atomic mass is 10.3. The highest BCUT2D eigenvalue weighted by Gasteiger charge is 2.09. The number of thioether (sulfide) groups is 2. The molecule has 0 aliphatic carbocycles. The Morgan fingerprint density at radius 2 is 2.31 bits per heavy atom. The molecule has 0 atom stereocenters. The fourth-order valence-corrected chi connectivity index (χ4v) is 3.04. The standard InChI is InChI=1S/C12H15NOS2/c1-14-9-5-6-11-10(8-9)13-12(15-2)4-3-7-16-11/h5-6,8H,3-4,7H2,1-2H3. The first kappa shape index (κ1) is 11.9. The number of benzene rings is 1. The van der Waals surface area contributed by atoms with Crippen molar-refractivity contribution in [2.75, 3.05) is 19.1 Å². The molecule has 0 saturated heterocycles. The Labute approximate surface area is 105 Å². The van der Waals surface area contributed by atoms with Gasteiger partial charge in [-0.05, 0) is 37.0 Å². The van der Waals surface area contributed by atoms with Crippen molar-refractivity contribution < 1.29 is 4.74 Å². The number of hydrogen-bond donors (Lipinski definition) is 0. The summed E-state index contributed by atoms with van der Waals surface area (Å²) < 4.78 is 5.24. The van der Waals surface area contributed by atoms with E-state index in [1.807, 2.05) is 23.9 Å². The molecule has 0 saturated carbocycles. The summed E-state index contributed by atoms with van der Waals surface area (Å²) in [7, 11) is 1.69. The Bertz CT molecular complexity index is 404. The van der Waals surface area contributed by atoms with Gasteiger partial charge in [-0.1, -0.05) is 0 Å². The molecule has 0 unspecified atom stereocenters. The molecule has 16 heavy (non-hydrogen) atoms. The third-order valence-corrected chi connectivity index (χ3v) is 4.36. The van der Waals surface area contributed by atoms with Crippen molar-refractivity contribution >= 4 is 34.3 Å². The molecular weight excluding hydrogens is 238 g/mol. The van der Waals surface area contributed by atoms with E-state index in [4.69, 9.17) is 9.73 Å². The Morgan fingerprint density at radius 1 is 1.44 bits per heavy atom. The molecule has 0 radical (unpaired) electrons. The van der Waals surface area contributed by atoms with Gasteiger partial charge in [-0.25, -0.2) is 4.99 Å². The van der Waals surface area contributed by atoms with E-state index < -0.39 is 0 Å². The molecule has 1 aliphatic rings. The predicted molar refractivity (Wildman–Crippen MR) is 73.6 cm³/mol. The predicted octanol–water partition coefficient (Wildman–Crippen LogP) is 3.97. The van der Waals surface area contributed by atoms with E-state index in [-0.39, 0.29) is 0 Å². The Morgan fingerprint density at radius 3 is 3.06 bits per heavy atom. The number of ether oxygens (including phenoxy) is 1. The summed E-state index contributed by atoms with van der Waals surface area (Å²) in [6, 6.07) is 6.12. The molecule has 0 spiro atoms. The third kappa shape index (κ3) is 2.74. The van der Waals surface area contributed by atoms with Crippen LogP contribution in [0.1, 0.15) is 12.8 Å². The number of methoxy groups -OCH3 is 1. The smallest absolute Gasteiger partial charge is 0.121 e. The Balaban J connectivity index is 2.40. The lowest BCUT2D eigenvalue weighted by molar-refractivity contribution is 0.414. The average molecular weight is 253 g/mol. The highest BCUT2D eigenvalue weighted by molar-refractivity contribution is 8.13. The number of aliphatic imine (C=N–C) groups is 1. The fraction of sp³-hybridized carbons (Fsp3) is 0.417. The number of fused-ring (bicyclic) bond motifs is 1. The Hall–Kier alpha value is -0.610. The van der Waals surface area contributed by atoms with Crippen LogP contribution in [0, 0.1) is 0 Å². The van der Waals surface area contributed by atoms with Gasteiger partial charge in [0.15, 0.2) is 0 Å². The van der Waals surface area contributed by atoms with E-state index in [9.17, 15) is 0 Å². The monoisotopic (exact) mass is 253 g/mol. The summed E-state index contributed by atoms with van der Waals surface area (Å²) in [4.78, 5) is 5.96.